The van der Waals surface area contributed by atoms with Crippen LogP contribution in [-0.2, 0) is 14.8 Å². The highest BCUT2D eigenvalue weighted by Crippen LogP contribution is 2.35. The van der Waals surface area contributed by atoms with Gasteiger partial charge in [0.2, 0.25) is 10.0 Å². The lowest BCUT2D eigenvalue weighted by atomic mass is 9.90. The van der Waals surface area contributed by atoms with Crippen molar-refractivity contribution in [2.75, 3.05) is 38.2 Å². The molecule has 2 aliphatic rings. The molecule has 0 amide bonds. The Bertz CT molecular complexity index is 1210. The predicted molar refractivity (Wildman–Crippen MR) is 118 cm³/mol. The largest absolute Gasteiger partial charge is 0.465 e. The maximum atomic E-state index is 13.1. The van der Waals surface area contributed by atoms with Gasteiger partial charge in [-0.05, 0) is 36.5 Å². The van der Waals surface area contributed by atoms with E-state index >= 15 is 0 Å². The number of nitrogens with zero attached hydrogens (tertiary/aromatic N) is 4. The number of fused-ring (bicyclic) bond motifs is 1. The number of hydrogen-bond donors (Lipinski definition) is 1. The number of nitrogens with one attached hydrogen (secondary N) is 1. The van der Waals surface area contributed by atoms with E-state index in [2.05, 4.69) is 21.0 Å². The van der Waals surface area contributed by atoms with Crippen LogP contribution in [0.3, 0.4) is 0 Å². The molecule has 11 heteroatoms. The number of carbonyl (C=O) groups is 1. The summed E-state index contributed by atoms with van der Waals surface area (Å²) < 4.78 is 32.5. The van der Waals surface area contributed by atoms with Crippen molar-refractivity contribution in [3.05, 3.63) is 41.2 Å². The molecule has 9 nitrogen and oxygen atoms in total. The fourth-order valence-corrected chi connectivity index (χ4v) is 7.07. The lowest BCUT2D eigenvalue weighted by Gasteiger charge is -2.42. The highest BCUT2D eigenvalue weighted by molar-refractivity contribution is 7.89. The average Bonchev–Trinajstić information content (AvgIpc) is 3.39. The van der Waals surface area contributed by atoms with Crippen LogP contribution in [0.15, 0.2) is 30.7 Å². The van der Waals surface area contributed by atoms with Crippen molar-refractivity contribution in [1.29, 1.82) is 0 Å². The second-order valence-electron chi connectivity index (χ2n) is 7.89. The topological polar surface area (TPSA) is 108 Å². The average molecular weight is 462 g/mol. The molecular weight excluding hydrogens is 438 g/mol. The third-order valence-corrected chi connectivity index (χ3v) is 9.42. The van der Waals surface area contributed by atoms with E-state index in [0.29, 0.717) is 42.1 Å². The number of aromatic nitrogens is 3. The molecule has 0 spiro atoms. The van der Waals surface area contributed by atoms with Gasteiger partial charge in [-0.1, -0.05) is 11.3 Å². The minimum absolute atomic E-state index is 0.328. The number of anilines is 1. The van der Waals surface area contributed by atoms with Crippen LogP contribution in [0.2, 0.25) is 0 Å². The smallest absolute Gasteiger partial charge is 0.349 e. The van der Waals surface area contributed by atoms with Crippen LogP contribution in [0.4, 0.5) is 5.13 Å². The summed E-state index contributed by atoms with van der Waals surface area (Å²) in [6.45, 7) is 1.84. The summed E-state index contributed by atoms with van der Waals surface area (Å²) in [6, 6.07) is 3.99. The number of carbonyl (C=O) groups excluding carboxylic acids is 1. The number of rotatable bonds is 5. The molecular formula is C20H23N5O4S2. The molecule has 1 N–H and O–H groups in total. The zero-order valence-corrected chi connectivity index (χ0v) is 18.7. The summed E-state index contributed by atoms with van der Waals surface area (Å²) >= 11 is 1.22. The summed E-state index contributed by atoms with van der Waals surface area (Å²) in [4.78, 5) is 25.7. The van der Waals surface area contributed by atoms with Gasteiger partial charge in [-0.25, -0.2) is 27.5 Å². The van der Waals surface area contributed by atoms with Crippen molar-refractivity contribution in [2.45, 2.75) is 24.0 Å². The molecule has 0 aromatic carbocycles. The van der Waals surface area contributed by atoms with Crippen molar-refractivity contribution in [2.24, 2.45) is 0 Å². The molecule has 164 valence electrons. The molecule has 3 aromatic rings. The van der Waals surface area contributed by atoms with E-state index in [1.54, 1.807) is 10.5 Å². The van der Waals surface area contributed by atoms with Crippen LogP contribution >= 0.6 is 11.3 Å². The molecule has 31 heavy (non-hydrogen) atoms. The van der Waals surface area contributed by atoms with Gasteiger partial charge in [0.25, 0.3) is 0 Å². The van der Waals surface area contributed by atoms with Crippen LogP contribution in [-0.4, -0.2) is 72.2 Å². The molecule has 0 aliphatic carbocycles. The van der Waals surface area contributed by atoms with Gasteiger partial charge >= 0.3 is 5.97 Å². The van der Waals surface area contributed by atoms with Crippen molar-refractivity contribution in [3.8, 4) is 0 Å². The molecule has 3 aromatic heterocycles. The number of thiazole rings is 1. The Balaban J connectivity index is 1.20. The van der Waals surface area contributed by atoms with Crippen LogP contribution in [0.1, 0.15) is 34.0 Å². The molecule has 0 unspecified atom stereocenters. The normalized spacial score (nSPS) is 18.9. The summed E-state index contributed by atoms with van der Waals surface area (Å²) in [7, 11) is -2.03. The zero-order valence-electron chi connectivity index (χ0n) is 17.0. The number of aromatic amines is 1. The quantitative estimate of drug-likeness (QED) is 0.580. The number of pyridine rings is 1. The minimum Gasteiger partial charge on any atom is -0.465 e. The van der Waals surface area contributed by atoms with Gasteiger partial charge in [0, 0.05) is 44.0 Å². The molecule has 0 saturated carbocycles. The number of piperidine rings is 1. The SMILES string of the molecule is COC(=O)c1cnc(N2CC(S(=O)(=O)N3CCC(c4c[nH]c5ncccc45)CC3)C2)s1. The van der Waals surface area contributed by atoms with E-state index in [1.807, 2.05) is 17.2 Å². The number of ether oxygens (including phenoxy) is 1. The van der Waals surface area contributed by atoms with E-state index in [-0.39, 0.29) is 0 Å². The van der Waals surface area contributed by atoms with Crippen molar-refractivity contribution >= 4 is 43.5 Å². The van der Waals surface area contributed by atoms with Crippen molar-refractivity contribution in [3.63, 3.8) is 0 Å². The molecule has 5 heterocycles. The van der Waals surface area contributed by atoms with Gasteiger partial charge < -0.3 is 14.6 Å². The fraction of sp³-hybridized carbons (Fsp3) is 0.450. The van der Waals surface area contributed by atoms with E-state index in [4.69, 9.17) is 4.74 Å². The molecule has 2 saturated heterocycles. The van der Waals surface area contributed by atoms with Crippen molar-refractivity contribution in [1.82, 2.24) is 19.3 Å². The van der Waals surface area contributed by atoms with Gasteiger partial charge in [0.15, 0.2) is 5.13 Å². The zero-order chi connectivity index (χ0) is 21.6. The van der Waals surface area contributed by atoms with Crippen molar-refractivity contribution < 1.29 is 17.9 Å². The maximum Gasteiger partial charge on any atom is 0.349 e. The van der Waals surface area contributed by atoms with E-state index < -0.39 is 21.2 Å². The second-order valence-corrected chi connectivity index (χ2v) is 11.1. The van der Waals surface area contributed by atoms with Crippen LogP contribution in [0, 0.1) is 0 Å². The lowest BCUT2D eigenvalue weighted by Crippen LogP contribution is -2.59. The predicted octanol–water partition coefficient (Wildman–Crippen LogP) is 2.20. The van der Waals surface area contributed by atoms with Crippen LogP contribution in [0.5, 0.6) is 0 Å². The van der Waals surface area contributed by atoms with E-state index in [1.165, 1.54) is 30.2 Å². The highest BCUT2D eigenvalue weighted by atomic mass is 32.2. The number of esters is 1. The van der Waals surface area contributed by atoms with Gasteiger partial charge in [0.05, 0.1) is 13.3 Å². The summed E-state index contributed by atoms with van der Waals surface area (Å²) in [6.07, 6.45) is 6.84. The third-order valence-electron chi connectivity index (χ3n) is 6.16. The number of hydrogen-bond acceptors (Lipinski definition) is 8. The first-order valence-electron chi connectivity index (χ1n) is 10.2. The number of sulfonamides is 1. The fourth-order valence-electron chi connectivity index (χ4n) is 4.34. The maximum absolute atomic E-state index is 13.1. The first-order chi connectivity index (χ1) is 15.0. The molecule has 0 atom stereocenters. The Morgan fingerprint density at radius 1 is 1.26 bits per heavy atom. The first-order valence-corrected chi connectivity index (χ1v) is 12.5. The van der Waals surface area contributed by atoms with Crippen LogP contribution < -0.4 is 4.90 Å². The van der Waals surface area contributed by atoms with E-state index in [0.717, 1.165) is 23.9 Å². The Hall–Kier alpha value is -2.50. The molecule has 2 aliphatic heterocycles. The standard InChI is InChI=1S/C20H23N5O4S2/c1-29-19(26)17-10-23-20(30-17)24-11-14(12-24)31(27,28)25-7-4-13(5-8-25)16-9-22-18-15(16)3-2-6-21-18/h2-3,6,9-10,13-14H,4-5,7-8,11-12H2,1H3,(H,21,22). The van der Waals surface area contributed by atoms with Gasteiger partial charge in [0.1, 0.15) is 15.8 Å². The number of methoxy groups -OCH3 is 1. The molecule has 2 fully saturated rings. The third kappa shape index (κ3) is 3.60. The monoisotopic (exact) mass is 461 g/mol. The Kier molecular flexibility index (Phi) is 5.19. The Morgan fingerprint density at radius 3 is 2.77 bits per heavy atom. The van der Waals surface area contributed by atoms with Crippen LogP contribution in [0.25, 0.3) is 11.0 Å². The molecule has 0 radical (unpaired) electrons. The minimum atomic E-state index is -3.36. The Morgan fingerprint density at radius 2 is 2.03 bits per heavy atom. The molecule has 0 bridgehead atoms. The van der Waals surface area contributed by atoms with Gasteiger partial charge in [-0.2, -0.15) is 0 Å². The lowest BCUT2D eigenvalue weighted by molar-refractivity contribution is 0.0606. The van der Waals surface area contributed by atoms with Gasteiger partial charge in [-0.3, -0.25) is 0 Å². The Labute approximate surface area is 184 Å². The van der Waals surface area contributed by atoms with E-state index in [9.17, 15) is 13.2 Å². The van der Waals surface area contributed by atoms with Gasteiger partial charge in [-0.15, -0.1) is 0 Å². The first kappa shape index (κ1) is 20.4. The summed E-state index contributed by atoms with van der Waals surface area (Å²) in [5.74, 6) is -0.100. The summed E-state index contributed by atoms with van der Waals surface area (Å²) in [5.41, 5.74) is 2.10. The second kappa shape index (κ2) is 7.88. The number of H-pyrrole nitrogens is 1. The molecule has 5 rings (SSSR count). The summed E-state index contributed by atoms with van der Waals surface area (Å²) in [5, 5.41) is 1.33. The highest BCUT2D eigenvalue weighted by Gasteiger charge is 2.43.